The highest BCUT2D eigenvalue weighted by molar-refractivity contribution is 9.10. The Morgan fingerprint density at radius 2 is 2.12 bits per heavy atom. The van der Waals surface area contributed by atoms with E-state index < -0.39 is 5.54 Å². The van der Waals surface area contributed by atoms with E-state index in [0.717, 1.165) is 19.3 Å². The van der Waals surface area contributed by atoms with Crippen LogP contribution in [0, 0.1) is 0 Å². The summed E-state index contributed by atoms with van der Waals surface area (Å²) in [7, 11) is 0. The molecule has 1 aromatic rings. The third-order valence-electron chi connectivity index (χ3n) is 3.02. The number of rotatable bonds is 1. The van der Waals surface area contributed by atoms with E-state index in [1.165, 1.54) is 11.3 Å². The van der Waals surface area contributed by atoms with Gasteiger partial charge < -0.3 is 4.74 Å². The molecule has 17 heavy (non-hydrogen) atoms. The second-order valence-electron chi connectivity index (χ2n) is 4.02. The van der Waals surface area contributed by atoms with Crippen molar-refractivity contribution >= 4 is 62.3 Å². The minimum absolute atomic E-state index is 0.268. The molecule has 0 unspecified atom stereocenters. The van der Waals surface area contributed by atoms with Gasteiger partial charge in [0, 0.05) is 0 Å². The van der Waals surface area contributed by atoms with Gasteiger partial charge in [-0.25, -0.2) is 9.79 Å². The van der Waals surface area contributed by atoms with Crippen molar-refractivity contribution in [2.75, 3.05) is 0 Å². The molecule has 90 valence electrons. The highest BCUT2D eigenvalue weighted by Gasteiger charge is 2.51. The molecule has 0 saturated heterocycles. The molecule has 1 aliphatic heterocycles. The van der Waals surface area contributed by atoms with Crippen molar-refractivity contribution in [3.05, 3.63) is 18.7 Å². The number of hydrogen-bond donors (Lipinski definition) is 0. The number of cyclic esters (lactones) is 1. The zero-order valence-corrected chi connectivity index (χ0v) is 12.3. The quantitative estimate of drug-likeness (QED) is 0.714. The Labute approximate surface area is 120 Å². The summed E-state index contributed by atoms with van der Waals surface area (Å²) in [6.45, 7) is 0. The standard InChI is InChI=1S/C10H6BrCl2NO2S/c11-4-5(12)6(17-7(4)13)8-14-10(2-1-3-10)9(15)16-8/h1-3H2. The number of esters is 1. The molecular formula is C10H6BrCl2NO2S. The first-order chi connectivity index (χ1) is 8.03. The number of carbonyl (C=O) groups excluding carboxylic acids is 1. The molecule has 0 N–H and O–H groups in total. The third-order valence-corrected chi connectivity index (χ3v) is 6.40. The first-order valence-electron chi connectivity index (χ1n) is 4.99. The van der Waals surface area contributed by atoms with Crippen LogP contribution < -0.4 is 0 Å². The van der Waals surface area contributed by atoms with Gasteiger partial charge in [-0.3, -0.25) is 0 Å². The molecule has 0 bridgehead atoms. The fourth-order valence-electron chi connectivity index (χ4n) is 1.87. The van der Waals surface area contributed by atoms with Gasteiger partial charge in [0.2, 0.25) is 5.90 Å². The fraction of sp³-hybridized carbons (Fsp3) is 0.400. The number of aliphatic imine (C=N–C) groups is 1. The van der Waals surface area contributed by atoms with Crippen LogP contribution in [0.3, 0.4) is 0 Å². The second kappa shape index (κ2) is 3.95. The largest absolute Gasteiger partial charge is 0.404 e. The van der Waals surface area contributed by atoms with E-state index in [4.69, 9.17) is 27.9 Å². The van der Waals surface area contributed by atoms with Crippen LogP contribution in [-0.2, 0) is 9.53 Å². The van der Waals surface area contributed by atoms with E-state index in [1.807, 2.05) is 0 Å². The van der Waals surface area contributed by atoms with Crippen molar-refractivity contribution in [2.45, 2.75) is 24.8 Å². The topological polar surface area (TPSA) is 38.7 Å². The fourth-order valence-corrected chi connectivity index (χ4v) is 3.90. The van der Waals surface area contributed by atoms with Gasteiger partial charge in [0.15, 0.2) is 5.54 Å². The lowest BCUT2D eigenvalue weighted by molar-refractivity contribution is -0.141. The lowest BCUT2D eigenvalue weighted by Crippen LogP contribution is -2.40. The van der Waals surface area contributed by atoms with E-state index in [9.17, 15) is 4.79 Å². The van der Waals surface area contributed by atoms with Crippen LogP contribution in [0.2, 0.25) is 9.36 Å². The smallest absolute Gasteiger partial charge is 0.340 e. The maximum atomic E-state index is 11.7. The molecule has 3 rings (SSSR count). The number of thiophene rings is 1. The molecule has 0 atom stereocenters. The van der Waals surface area contributed by atoms with Gasteiger partial charge in [0.05, 0.1) is 9.50 Å². The Hall–Kier alpha value is -0.100. The molecule has 3 nitrogen and oxygen atoms in total. The van der Waals surface area contributed by atoms with E-state index >= 15 is 0 Å². The molecule has 0 aromatic carbocycles. The van der Waals surface area contributed by atoms with Crippen molar-refractivity contribution in [3.63, 3.8) is 0 Å². The van der Waals surface area contributed by atoms with Gasteiger partial charge in [-0.05, 0) is 35.2 Å². The molecule has 0 amide bonds. The summed E-state index contributed by atoms with van der Waals surface area (Å²) in [6.07, 6.45) is 2.52. The summed E-state index contributed by atoms with van der Waals surface area (Å²) in [5.41, 5.74) is -0.637. The first-order valence-corrected chi connectivity index (χ1v) is 7.36. The molecule has 1 aromatic heterocycles. The Morgan fingerprint density at radius 3 is 2.53 bits per heavy atom. The zero-order valence-electron chi connectivity index (χ0n) is 8.43. The van der Waals surface area contributed by atoms with Gasteiger partial charge in [0.25, 0.3) is 0 Å². The zero-order chi connectivity index (χ0) is 12.2. The number of ether oxygens (including phenoxy) is 1. The van der Waals surface area contributed by atoms with Gasteiger partial charge in [-0.1, -0.05) is 23.2 Å². The van der Waals surface area contributed by atoms with Gasteiger partial charge in [0.1, 0.15) is 9.21 Å². The van der Waals surface area contributed by atoms with E-state index in [-0.39, 0.29) is 5.97 Å². The van der Waals surface area contributed by atoms with Crippen LogP contribution in [0.15, 0.2) is 9.47 Å². The van der Waals surface area contributed by atoms with Crippen molar-refractivity contribution < 1.29 is 9.53 Å². The summed E-state index contributed by atoms with van der Waals surface area (Å²) in [5, 5.41) is 0.447. The minimum Gasteiger partial charge on any atom is -0.404 e. The van der Waals surface area contributed by atoms with Crippen molar-refractivity contribution in [1.82, 2.24) is 0 Å². The monoisotopic (exact) mass is 353 g/mol. The van der Waals surface area contributed by atoms with Crippen LogP contribution in [0.4, 0.5) is 0 Å². The minimum atomic E-state index is -0.637. The number of carbonyl (C=O) groups is 1. The normalized spacial score (nSPS) is 21.4. The van der Waals surface area contributed by atoms with E-state index in [1.54, 1.807) is 0 Å². The molecule has 0 radical (unpaired) electrons. The summed E-state index contributed by atoms with van der Waals surface area (Å²) >= 11 is 16.6. The Balaban J connectivity index is 2.03. The predicted molar refractivity (Wildman–Crippen MR) is 71.3 cm³/mol. The van der Waals surface area contributed by atoms with E-state index in [2.05, 4.69) is 20.9 Å². The molecule has 2 aliphatic rings. The van der Waals surface area contributed by atoms with Crippen LogP contribution in [0.1, 0.15) is 24.1 Å². The van der Waals surface area contributed by atoms with E-state index in [0.29, 0.717) is 24.6 Å². The summed E-state index contributed by atoms with van der Waals surface area (Å²) < 4.78 is 6.36. The Bertz CT molecular complexity index is 551. The first kappa shape index (κ1) is 12.0. The average Bonchev–Trinajstić information content (AvgIpc) is 2.71. The highest BCUT2D eigenvalue weighted by atomic mass is 79.9. The highest BCUT2D eigenvalue weighted by Crippen LogP contribution is 2.45. The predicted octanol–water partition coefficient (Wildman–Crippen LogP) is 4.04. The van der Waals surface area contributed by atoms with Gasteiger partial charge in [-0.2, -0.15) is 0 Å². The molecule has 1 saturated carbocycles. The SMILES string of the molecule is O=C1OC(c2sc(Cl)c(Br)c2Cl)=NC12CCC2. The van der Waals surface area contributed by atoms with Crippen LogP contribution in [0.25, 0.3) is 0 Å². The molecule has 1 fully saturated rings. The summed E-state index contributed by atoms with van der Waals surface area (Å²) in [6, 6.07) is 0. The maximum absolute atomic E-state index is 11.7. The molecule has 2 heterocycles. The third kappa shape index (κ3) is 1.67. The number of hydrogen-bond acceptors (Lipinski definition) is 4. The van der Waals surface area contributed by atoms with Crippen molar-refractivity contribution in [2.24, 2.45) is 4.99 Å². The summed E-state index contributed by atoms with van der Waals surface area (Å²) in [5.74, 6) is 0.0350. The lowest BCUT2D eigenvalue weighted by Gasteiger charge is -2.30. The van der Waals surface area contributed by atoms with Gasteiger partial charge in [-0.15, -0.1) is 11.3 Å². The van der Waals surface area contributed by atoms with Gasteiger partial charge >= 0.3 is 5.97 Å². The maximum Gasteiger partial charge on any atom is 0.340 e. The van der Waals surface area contributed by atoms with Crippen LogP contribution in [-0.4, -0.2) is 17.4 Å². The average molecular weight is 355 g/mol. The molecular weight excluding hydrogens is 349 g/mol. The molecule has 7 heteroatoms. The van der Waals surface area contributed by atoms with Crippen LogP contribution >= 0.6 is 50.5 Å². The number of nitrogens with zero attached hydrogens (tertiary/aromatic N) is 1. The Kier molecular flexibility index (Phi) is 2.78. The lowest BCUT2D eigenvalue weighted by atomic mass is 9.78. The second-order valence-corrected chi connectivity index (χ2v) is 6.82. The molecule has 1 aliphatic carbocycles. The van der Waals surface area contributed by atoms with Crippen molar-refractivity contribution in [3.8, 4) is 0 Å². The Morgan fingerprint density at radius 1 is 1.41 bits per heavy atom. The molecule has 1 spiro atoms. The van der Waals surface area contributed by atoms with Crippen LogP contribution in [0.5, 0.6) is 0 Å². The number of halogens is 3. The summed E-state index contributed by atoms with van der Waals surface area (Å²) in [4.78, 5) is 16.7. The van der Waals surface area contributed by atoms with Crippen molar-refractivity contribution in [1.29, 1.82) is 0 Å².